The van der Waals surface area contributed by atoms with E-state index in [2.05, 4.69) is 18.0 Å². The van der Waals surface area contributed by atoms with E-state index < -0.39 is 5.38 Å². The van der Waals surface area contributed by atoms with Crippen molar-refractivity contribution in [2.24, 2.45) is 0 Å². The summed E-state index contributed by atoms with van der Waals surface area (Å²) < 4.78 is 0. The monoisotopic (exact) mass is 498 g/mol. The Kier molecular flexibility index (Phi) is 7.53. The molecule has 3 aromatic rings. The van der Waals surface area contributed by atoms with Gasteiger partial charge in [-0.15, -0.1) is 29.5 Å². The van der Waals surface area contributed by atoms with Crippen LogP contribution in [0.2, 0.25) is 5.02 Å². The summed E-state index contributed by atoms with van der Waals surface area (Å²) in [6.45, 7) is 4.51. The van der Waals surface area contributed by atoms with E-state index in [1.54, 1.807) is 17.4 Å². The molecule has 170 valence electrons. The number of thiophene rings is 1. The molecule has 4 nitrogen and oxygen atoms in total. The van der Waals surface area contributed by atoms with Gasteiger partial charge in [-0.25, -0.2) is 0 Å². The number of nitrogens with zero attached hydrogens (tertiary/aromatic N) is 2. The zero-order valence-electron chi connectivity index (χ0n) is 18.0. The van der Waals surface area contributed by atoms with Crippen LogP contribution < -0.4 is 0 Å². The van der Waals surface area contributed by atoms with Gasteiger partial charge in [-0.2, -0.15) is 0 Å². The van der Waals surface area contributed by atoms with Crippen molar-refractivity contribution in [1.29, 1.82) is 0 Å². The second-order valence-corrected chi connectivity index (χ2v) is 9.74. The lowest BCUT2D eigenvalue weighted by atomic mass is 9.93. The molecule has 0 spiro atoms. The number of rotatable bonds is 7. The van der Waals surface area contributed by atoms with Crippen LogP contribution in [0.25, 0.3) is 0 Å². The number of carbonyl (C=O) groups is 2. The van der Waals surface area contributed by atoms with Crippen LogP contribution in [0, 0.1) is 0 Å². The Hall–Kier alpha value is -2.60. The van der Waals surface area contributed by atoms with Crippen LogP contribution >= 0.6 is 34.5 Å². The lowest BCUT2D eigenvalue weighted by Crippen LogP contribution is -2.47. The molecule has 1 aromatic heterocycles. The molecule has 2 amide bonds. The molecule has 7 heteroatoms. The average Bonchev–Trinajstić information content (AvgIpc) is 3.32. The first kappa shape index (κ1) is 23.6. The summed E-state index contributed by atoms with van der Waals surface area (Å²) in [6.07, 6.45) is 2.41. The van der Waals surface area contributed by atoms with E-state index in [1.165, 1.54) is 9.78 Å². The van der Waals surface area contributed by atoms with Crippen molar-refractivity contribution >= 4 is 46.4 Å². The van der Waals surface area contributed by atoms with Crippen LogP contribution in [0.3, 0.4) is 0 Å². The largest absolute Gasteiger partial charge is 0.330 e. The van der Waals surface area contributed by atoms with E-state index in [0.717, 1.165) is 17.5 Å². The van der Waals surface area contributed by atoms with Crippen LogP contribution in [0.1, 0.15) is 33.0 Å². The van der Waals surface area contributed by atoms with Gasteiger partial charge in [-0.1, -0.05) is 60.1 Å². The average molecular weight is 499 g/mol. The first-order chi connectivity index (χ1) is 16.0. The Bertz CT molecular complexity index is 1130. The van der Waals surface area contributed by atoms with Crippen molar-refractivity contribution in [3.8, 4) is 0 Å². The van der Waals surface area contributed by atoms with E-state index >= 15 is 0 Å². The normalized spacial score (nSPS) is 16.1. The van der Waals surface area contributed by atoms with Gasteiger partial charge in [0.25, 0.3) is 0 Å². The number of amides is 2. The number of hydrogen-bond acceptors (Lipinski definition) is 3. The first-order valence-corrected chi connectivity index (χ1v) is 12.4. The summed E-state index contributed by atoms with van der Waals surface area (Å²) in [5, 5.41) is 1.85. The third-order valence-electron chi connectivity index (χ3n) is 5.77. The lowest BCUT2D eigenvalue weighted by Gasteiger charge is -2.37. The van der Waals surface area contributed by atoms with Gasteiger partial charge in [0, 0.05) is 23.0 Å². The molecule has 0 radical (unpaired) electrons. The summed E-state index contributed by atoms with van der Waals surface area (Å²) in [4.78, 5) is 31.3. The van der Waals surface area contributed by atoms with Gasteiger partial charge in [0.1, 0.15) is 11.9 Å². The van der Waals surface area contributed by atoms with Crippen molar-refractivity contribution in [2.75, 3.05) is 19.6 Å². The van der Waals surface area contributed by atoms with Crippen LogP contribution in [-0.4, -0.2) is 41.2 Å². The van der Waals surface area contributed by atoms with Crippen LogP contribution in [0.15, 0.2) is 78.7 Å². The number of fused-ring (bicyclic) bond motifs is 1. The van der Waals surface area contributed by atoms with Crippen LogP contribution in [0.4, 0.5) is 0 Å². The smallest absolute Gasteiger partial charge is 0.245 e. The molecule has 4 rings (SSSR count). The molecule has 0 saturated heterocycles. The molecule has 0 aliphatic carbocycles. The topological polar surface area (TPSA) is 40.6 Å². The number of alkyl halides is 1. The zero-order valence-corrected chi connectivity index (χ0v) is 20.3. The standard InChI is InChI=1S/C26H24Cl2N2O2S/c1-2-14-29(26(32)24(28)18-6-4-3-5-7-18)17-23(31)30-15-12-22-21(13-16-33-22)25(30)19-8-10-20(27)11-9-19/h2-11,13,16,24-25H,1,12,14-15,17H2. The maximum atomic E-state index is 13.6. The van der Waals surface area contributed by atoms with Crippen LogP contribution in [0.5, 0.6) is 0 Å². The number of halogens is 2. The Labute approximate surface area is 208 Å². The summed E-state index contributed by atoms with van der Waals surface area (Å²) in [5.41, 5.74) is 2.82. The highest BCUT2D eigenvalue weighted by atomic mass is 35.5. The molecular formula is C26H24Cl2N2O2S. The minimum absolute atomic E-state index is 0.0650. The third kappa shape index (κ3) is 5.16. The van der Waals surface area contributed by atoms with E-state index in [-0.39, 0.29) is 30.9 Å². The van der Waals surface area contributed by atoms with Crippen LogP contribution in [-0.2, 0) is 16.0 Å². The summed E-state index contributed by atoms with van der Waals surface area (Å²) in [5.74, 6) is -0.439. The molecule has 33 heavy (non-hydrogen) atoms. The van der Waals surface area contributed by atoms with Gasteiger partial charge in [0.2, 0.25) is 11.8 Å². The first-order valence-electron chi connectivity index (χ1n) is 10.7. The van der Waals surface area contributed by atoms with Gasteiger partial charge in [-0.05, 0) is 46.7 Å². The molecule has 0 bridgehead atoms. The maximum Gasteiger partial charge on any atom is 0.245 e. The lowest BCUT2D eigenvalue weighted by molar-refractivity contribution is -0.141. The number of hydrogen-bond donors (Lipinski definition) is 0. The molecule has 2 aromatic carbocycles. The molecule has 2 heterocycles. The van der Waals surface area contributed by atoms with E-state index in [9.17, 15) is 9.59 Å². The molecule has 0 saturated carbocycles. The summed E-state index contributed by atoms with van der Waals surface area (Å²) in [7, 11) is 0. The van der Waals surface area contributed by atoms with Gasteiger partial charge >= 0.3 is 0 Å². The number of benzene rings is 2. The maximum absolute atomic E-state index is 13.6. The molecule has 0 N–H and O–H groups in total. The molecule has 0 fully saturated rings. The minimum Gasteiger partial charge on any atom is -0.330 e. The number of carbonyl (C=O) groups excluding carboxylic acids is 2. The SMILES string of the molecule is C=CCN(CC(=O)N1CCc2sccc2C1c1ccc(Cl)cc1)C(=O)C(Cl)c1ccccc1. The highest BCUT2D eigenvalue weighted by Crippen LogP contribution is 2.38. The predicted octanol–water partition coefficient (Wildman–Crippen LogP) is 5.87. The quantitative estimate of drug-likeness (QED) is 0.301. The van der Waals surface area contributed by atoms with Crippen molar-refractivity contribution in [2.45, 2.75) is 17.8 Å². The Morgan fingerprint density at radius 1 is 1.15 bits per heavy atom. The summed E-state index contributed by atoms with van der Waals surface area (Å²) >= 11 is 14.3. The fourth-order valence-electron chi connectivity index (χ4n) is 4.16. The minimum atomic E-state index is -0.865. The fraction of sp³-hybridized carbons (Fsp3) is 0.231. The van der Waals surface area contributed by atoms with Gasteiger partial charge in [0.05, 0.1) is 6.04 Å². The van der Waals surface area contributed by atoms with Crippen molar-refractivity contribution in [3.05, 3.63) is 105 Å². The fourth-order valence-corrected chi connectivity index (χ4v) is 5.47. The Morgan fingerprint density at radius 3 is 2.58 bits per heavy atom. The van der Waals surface area contributed by atoms with Crippen molar-refractivity contribution in [3.63, 3.8) is 0 Å². The third-order valence-corrected chi connectivity index (χ3v) is 7.46. The van der Waals surface area contributed by atoms with E-state index in [4.69, 9.17) is 23.2 Å². The molecule has 1 aliphatic rings. The zero-order chi connectivity index (χ0) is 23.4. The van der Waals surface area contributed by atoms with Gasteiger partial charge in [0.15, 0.2) is 0 Å². The van der Waals surface area contributed by atoms with Crippen molar-refractivity contribution in [1.82, 2.24) is 9.80 Å². The van der Waals surface area contributed by atoms with Crippen molar-refractivity contribution < 1.29 is 9.59 Å². The molecule has 2 atom stereocenters. The predicted molar refractivity (Wildman–Crippen MR) is 135 cm³/mol. The summed E-state index contributed by atoms with van der Waals surface area (Å²) in [6, 6.07) is 18.6. The molecule has 1 aliphatic heterocycles. The van der Waals surface area contributed by atoms with E-state index in [0.29, 0.717) is 17.1 Å². The molecule has 2 unspecified atom stereocenters. The molecular weight excluding hydrogens is 475 g/mol. The Morgan fingerprint density at radius 2 is 1.88 bits per heavy atom. The van der Waals surface area contributed by atoms with Gasteiger partial charge < -0.3 is 9.80 Å². The highest BCUT2D eigenvalue weighted by Gasteiger charge is 2.34. The van der Waals surface area contributed by atoms with Gasteiger partial charge in [-0.3, -0.25) is 9.59 Å². The van der Waals surface area contributed by atoms with E-state index in [1.807, 2.05) is 59.5 Å². The second kappa shape index (κ2) is 10.6. The second-order valence-electron chi connectivity index (χ2n) is 7.87. The Balaban J connectivity index is 1.58. The highest BCUT2D eigenvalue weighted by molar-refractivity contribution is 7.10.